The molecule has 2 atom stereocenters. The maximum atomic E-state index is 12.9. The van der Waals surface area contributed by atoms with Gasteiger partial charge in [0.1, 0.15) is 5.69 Å². The van der Waals surface area contributed by atoms with Crippen molar-refractivity contribution in [2.75, 3.05) is 14.2 Å². The summed E-state index contributed by atoms with van der Waals surface area (Å²) in [5.41, 5.74) is 1.98. The number of fused-ring (bicyclic) bond motifs is 1. The van der Waals surface area contributed by atoms with Gasteiger partial charge in [-0.2, -0.15) is 0 Å². The Balaban J connectivity index is 2.19. The number of pyridine rings is 1. The van der Waals surface area contributed by atoms with E-state index in [-0.39, 0.29) is 16.5 Å². The second-order valence-corrected chi connectivity index (χ2v) is 8.42. The summed E-state index contributed by atoms with van der Waals surface area (Å²) < 4.78 is 10.8. The normalized spacial score (nSPS) is 18.3. The molecule has 2 aromatic rings. The van der Waals surface area contributed by atoms with Crippen molar-refractivity contribution >= 4 is 5.91 Å². The van der Waals surface area contributed by atoms with Crippen LogP contribution in [0.4, 0.5) is 0 Å². The van der Waals surface area contributed by atoms with Crippen LogP contribution < -0.4 is 14.8 Å². The Labute approximate surface area is 175 Å². The first-order chi connectivity index (χ1) is 14.2. The van der Waals surface area contributed by atoms with Gasteiger partial charge in [-0.3, -0.25) is 19.9 Å². The summed E-state index contributed by atoms with van der Waals surface area (Å²) in [5.74, 6) is 0.0899. The van der Waals surface area contributed by atoms with Gasteiger partial charge in [0, 0.05) is 23.1 Å². The van der Waals surface area contributed by atoms with E-state index in [1.807, 2.05) is 26.8 Å². The number of amides is 1. The summed E-state index contributed by atoms with van der Waals surface area (Å²) in [6, 6.07) is 6.23. The lowest BCUT2D eigenvalue weighted by Crippen LogP contribution is -2.42. The molecule has 0 saturated carbocycles. The average Bonchev–Trinajstić information content (AvgIpc) is 2.70. The van der Waals surface area contributed by atoms with E-state index < -0.39 is 17.5 Å². The molecule has 160 valence electrons. The van der Waals surface area contributed by atoms with Crippen LogP contribution in [-0.4, -0.2) is 41.6 Å². The van der Waals surface area contributed by atoms with Gasteiger partial charge >= 0.3 is 0 Å². The fourth-order valence-corrected chi connectivity index (χ4v) is 3.98. The number of nitrogens with one attached hydrogen (secondary N) is 1. The van der Waals surface area contributed by atoms with E-state index in [9.17, 15) is 14.9 Å². The number of aryl methyl sites for hydroxylation is 1. The third-order valence-electron chi connectivity index (χ3n) is 5.22. The molecule has 0 unspecified atom stereocenters. The molecule has 0 aliphatic heterocycles. The fraction of sp³-hybridized carbons (Fsp3) is 0.455. The summed E-state index contributed by atoms with van der Waals surface area (Å²) in [6.07, 6.45) is 2.43. The zero-order valence-corrected chi connectivity index (χ0v) is 17.9. The number of carbonyl (C=O) groups is 1. The van der Waals surface area contributed by atoms with Crippen molar-refractivity contribution in [1.29, 1.82) is 0 Å². The summed E-state index contributed by atoms with van der Waals surface area (Å²) in [7, 11) is 3.08. The van der Waals surface area contributed by atoms with Gasteiger partial charge in [0.15, 0.2) is 11.5 Å². The van der Waals surface area contributed by atoms with Crippen molar-refractivity contribution in [3.63, 3.8) is 0 Å². The highest BCUT2D eigenvalue weighted by atomic mass is 16.6. The highest BCUT2D eigenvalue weighted by Gasteiger charge is 2.41. The first kappa shape index (κ1) is 21.5. The van der Waals surface area contributed by atoms with Gasteiger partial charge < -0.3 is 14.8 Å². The molecule has 0 bridgehead atoms. The predicted octanol–water partition coefficient (Wildman–Crippen LogP) is 3.35. The largest absolute Gasteiger partial charge is 0.493 e. The zero-order valence-electron chi connectivity index (χ0n) is 17.9. The van der Waals surface area contributed by atoms with Crippen molar-refractivity contribution < 1.29 is 19.2 Å². The molecule has 0 spiro atoms. The maximum absolute atomic E-state index is 12.9. The molecule has 0 radical (unpaired) electrons. The lowest BCUT2D eigenvalue weighted by Gasteiger charge is -2.30. The molecular formula is C22H27N3O5. The Morgan fingerprint density at radius 1 is 1.20 bits per heavy atom. The number of nitrogens with zero attached hydrogens (tertiary/aromatic N) is 2. The highest BCUT2D eigenvalue weighted by Crippen LogP contribution is 2.43. The van der Waals surface area contributed by atoms with Crippen molar-refractivity contribution in [3.8, 4) is 11.5 Å². The van der Waals surface area contributed by atoms with Crippen molar-refractivity contribution in [1.82, 2.24) is 10.3 Å². The molecule has 1 aromatic heterocycles. The third-order valence-corrected chi connectivity index (χ3v) is 5.22. The van der Waals surface area contributed by atoms with Gasteiger partial charge in [-0.05, 0) is 62.1 Å². The van der Waals surface area contributed by atoms with Gasteiger partial charge in [0.2, 0.25) is 6.04 Å². The molecule has 0 saturated heterocycles. The second-order valence-electron chi connectivity index (χ2n) is 8.42. The van der Waals surface area contributed by atoms with Gasteiger partial charge in [-0.15, -0.1) is 0 Å². The maximum Gasteiger partial charge on any atom is 0.270 e. The Morgan fingerprint density at radius 2 is 1.87 bits per heavy atom. The Kier molecular flexibility index (Phi) is 5.96. The van der Waals surface area contributed by atoms with Crippen LogP contribution in [0.2, 0.25) is 0 Å². The molecule has 1 aromatic carbocycles. The minimum atomic E-state index is -0.874. The first-order valence-corrected chi connectivity index (χ1v) is 9.82. The Morgan fingerprint density at radius 3 is 2.47 bits per heavy atom. The van der Waals surface area contributed by atoms with Crippen LogP contribution >= 0.6 is 0 Å². The molecule has 1 aliphatic rings. The molecule has 3 rings (SSSR count). The Bertz CT molecular complexity index is 968. The summed E-state index contributed by atoms with van der Waals surface area (Å²) in [4.78, 5) is 28.9. The van der Waals surface area contributed by atoms with Gasteiger partial charge in [-0.25, -0.2) is 0 Å². The zero-order chi connectivity index (χ0) is 22.1. The van der Waals surface area contributed by atoms with E-state index in [0.29, 0.717) is 29.9 Å². The van der Waals surface area contributed by atoms with Crippen LogP contribution in [0.3, 0.4) is 0 Å². The molecule has 1 heterocycles. The van der Waals surface area contributed by atoms with Crippen LogP contribution in [0.1, 0.15) is 60.3 Å². The number of rotatable bonds is 5. The van der Waals surface area contributed by atoms with E-state index in [0.717, 1.165) is 11.1 Å². The van der Waals surface area contributed by atoms with E-state index >= 15 is 0 Å². The number of carbonyl (C=O) groups excluding carboxylic acids is 1. The molecule has 30 heavy (non-hydrogen) atoms. The lowest BCUT2D eigenvalue weighted by atomic mass is 9.75. The number of benzene rings is 1. The molecule has 1 aliphatic carbocycles. The summed E-state index contributed by atoms with van der Waals surface area (Å²) in [5, 5.41) is 14.9. The van der Waals surface area contributed by atoms with Crippen molar-refractivity contribution in [2.24, 2.45) is 0 Å². The highest BCUT2D eigenvalue weighted by molar-refractivity contribution is 5.94. The van der Waals surface area contributed by atoms with Crippen LogP contribution in [0.5, 0.6) is 11.5 Å². The van der Waals surface area contributed by atoms with Crippen LogP contribution in [0, 0.1) is 10.1 Å². The minimum absolute atomic E-state index is 0.201. The fourth-order valence-electron chi connectivity index (χ4n) is 3.98. The first-order valence-electron chi connectivity index (χ1n) is 9.82. The van der Waals surface area contributed by atoms with Crippen LogP contribution in [-0.2, 0) is 6.42 Å². The van der Waals surface area contributed by atoms with E-state index in [4.69, 9.17) is 9.47 Å². The molecular weight excluding hydrogens is 386 g/mol. The second kappa shape index (κ2) is 8.30. The smallest absolute Gasteiger partial charge is 0.270 e. The number of hydrogen-bond donors (Lipinski definition) is 1. The molecule has 1 amide bonds. The number of methoxy groups -OCH3 is 2. The summed E-state index contributed by atoms with van der Waals surface area (Å²) in [6.45, 7) is 5.63. The molecule has 8 nitrogen and oxygen atoms in total. The lowest BCUT2D eigenvalue weighted by molar-refractivity contribution is -0.526. The van der Waals surface area contributed by atoms with E-state index in [1.165, 1.54) is 13.3 Å². The van der Waals surface area contributed by atoms with Crippen molar-refractivity contribution in [2.45, 2.75) is 51.1 Å². The number of nitro groups is 1. The SMILES string of the molecule is COc1cc2c(cc1OC)[C@H](c1cccnc1C(=O)NC(C)(C)C)[C@@H]([N+](=O)[O-])CC2. The number of aromatic nitrogens is 1. The van der Waals surface area contributed by atoms with Gasteiger partial charge in [0.05, 0.1) is 20.1 Å². The van der Waals surface area contributed by atoms with Crippen LogP contribution in [0.25, 0.3) is 0 Å². The molecule has 0 fully saturated rings. The number of hydrogen-bond acceptors (Lipinski definition) is 6. The quantitative estimate of drug-likeness (QED) is 0.595. The number of ether oxygens (including phenoxy) is 2. The minimum Gasteiger partial charge on any atom is -0.493 e. The van der Waals surface area contributed by atoms with Gasteiger partial charge in [0.25, 0.3) is 5.91 Å². The standard InChI is InChI=1S/C22H27N3O5/c1-22(2,3)24-21(26)20-14(7-6-10-23-20)19-15-12-18(30-5)17(29-4)11-13(15)8-9-16(19)25(27)28/h6-7,10-12,16,19H,8-9H2,1-5H3,(H,24,26)/t16-,19-/m0/s1. The van der Waals surface area contributed by atoms with Crippen molar-refractivity contribution in [3.05, 3.63) is 63.0 Å². The van der Waals surface area contributed by atoms with E-state index in [1.54, 1.807) is 25.3 Å². The topological polar surface area (TPSA) is 104 Å². The predicted molar refractivity (Wildman–Crippen MR) is 112 cm³/mol. The Hall–Kier alpha value is -3.16. The van der Waals surface area contributed by atoms with E-state index in [2.05, 4.69) is 10.3 Å². The molecule has 8 heteroatoms. The monoisotopic (exact) mass is 413 g/mol. The van der Waals surface area contributed by atoms with Crippen LogP contribution in [0.15, 0.2) is 30.5 Å². The van der Waals surface area contributed by atoms with Gasteiger partial charge in [-0.1, -0.05) is 6.07 Å². The molecule has 1 N–H and O–H groups in total. The third kappa shape index (κ3) is 4.22. The summed E-state index contributed by atoms with van der Waals surface area (Å²) >= 11 is 0. The average molecular weight is 413 g/mol.